The fraction of sp³-hybridized carbons (Fsp3) is 0.639. The highest BCUT2D eigenvalue weighted by Gasteiger charge is 2.33. The fourth-order valence-electron chi connectivity index (χ4n) is 5.17. The molecule has 52 heavy (non-hydrogen) atoms. The molecule has 6 amide bonds. The van der Waals surface area contributed by atoms with Gasteiger partial charge in [-0.2, -0.15) is 0 Å². The summed E-state index contributed by atoms with van der Waals surface area (Å²) in [5.74, 6) is -5.73. The van der Waals surface area contributed by atoms with E-state index in [-0.39, 0.29) is 24.7 Å². The normalized spacial score (nSPS) is 14.6. The summed E-state index contributed by atoms with van der Waals surface area (Å²) in [5.41, 5.74) is 12.4. The molecule has 0 aliphatic carbocycles. The minimum absolute atomic E-state index is 0.0148. The summed E-state index contributed by atoms with van der Waals surface area (Å²) >= 11 is 0. The molecule has 0 spiro atoms. The van der Waals surface area contributed by atoms with Gasteiger partial charge in [0.15, 0.2) is 0 Å². The predicted molar refractivity (Wildman–Crippen MR) is 196 cm³/mol. The van der Waals surface area contributed by atoms with Crippen LogP contribution in [-0.4, -0.2) is 96.4 Å². The van der Waals surface area contributed by atoms with Gasteiger partial charge >= 0.3 is 5.97 Å². The number of carboxylic acids is 1. The lowest BCUT2D eigenvalue weighted by molar-refractivity contribution is -0.142. The Balaban J connectivity index is 3.01. The highest BCUT2D eigenvalue weighted by Crippen LogP contribution is 2.12. The van der Waals surface area contributed by atoms with Crippen molar-refractivity contribution in [3.05, 3.63) is 35.9 Å². The van der Waals surface area contributed by atoms with Gasteiger partial charge < -0.3 is 48.5 Å². The van der Waals surface area contributed by atoms with E-state index < -0.39 is 90.6 Å². The van der Waals surface area contributed by atoms with Crippen molar-refractivity contribution in [2.24, 2.45) is 29.2 Å². The lowest BCUT2D eigenvalue weighted by Crippen LogP contribution is -2.60. The number of rotatable bonds is 24. The highest BCUT2D eigenvalue weighted by molar-refractivity contribution is 5.96. The number of nitrogens with one attached hydrogen (secondary N) is 6. The van der Waals surface area contributed by atoms with Crippen LogP contribution in [0, 0.1) is 17.8 Å². The van der Waals surface area contributed by atoms with Gasteiger partial charge in [-0.15, -0.1) is 0 Å². The van der Waals surface area contributed by atoms with Gasteiger partial charge in [-0.25, -0.2) is 4.79 Å². The van der Waals surface area contributed by atoms with Gasteiger partial charge in [0.25, 0.3) is 0 Å². The molecule has 0 saturated heterocycles. The zero-order chi connectivity index (χ0) is 39.4. The minimum atomic E-state index is -1.19. The molecule has 0 heterocycles. The third-order valence-corrected chi connectivity index (χ3v) is 8.47. The number of unbranched alkanes of at least 4 members (excludes halogenated alkanes) is 1. The van der Waals surface area contributed by atoms with Gasteiger partial charge in [-0.3, -0.25) is 28.8 Å². The van der Waals surface area contributed by atoms with Gasteiger partial charge in [0.2, 0.25) is 35.4 Å². The molecule has 0 fully saturated rings. The Hall–Kier alpha value is -4.57. The Morgan fingerprint density at radius 3 is 1.88 bits per heavy atom. The molecule has 6 atom stereocenters. The first-order valence-corrected chi connectivity index (χ1v) is 18.0. The first kappa shape index (κ1) is 45.5. The van der Waals surface area contributed by atoms with Crippen LogP contribution in [0.5, 0.6) is 0 Å². The van der Waals surface area contributed by atoms with E-state index in [1.165, 1.54) is 0 Å². The standard InChI is InChI=1S/C36H60N8O8/c1-7-23(6)31(44-32(47)25(38)15-11-12-16-37)35(50)42-26(18-24-13-9-8-10-14-24)33(48)43-30(22(4)5)34(49)40-19-28(45)39-20-29(46)41-27(36(51)52)17-21(2)3/h8-10,13-14,21-23,25-27,30-31H,7,11-12,15-20,37-38H2,1-6H3,(H,39,45)(H,40,49)(H,41,46)(H,42,50)(H,43,48)(H,44,47)(H,51,52)/t23-,25-,26-,27-,30-,31-/m0/s1. The molecular weight excluding hydrogens is 672 g/mol. The van der Waals surface area contributed by atoms with Gasteiger partial charge in [0, 0.05) is 6.42 Å². The molecule has 16 nitrogen and oxygen atoms in total. The third kappa shape index (κ3) is 17.1. The molecule has 0 aliphatic heterocycles. The van der Waals surface area contributed by atoms with Crippen LogP contribution in [0.15, 0.2) is 30.3 Å². The average molecular weight is 733 g/mol. The highest BCUT2D eigenvalue weighted by atomic mass is 16.4. The van der Waals surface area contributed by atoms with Crippen LogP contribution in [0.2, 0.25) is 0 Å². The van der Waals surface area contributed by atoms with Gasteiger partial charge in [-0.05, 0) is 49.1 Å². The van der Waals surface area contributed by atoms with E-state index in [1.54, 1.807) is 45.0 Å². The number of aliphatic carboxylic acids is 1. The summed E-state index contributed by atoms with van der Waals surface area (Å²) in [6.45, 7) is 10.1. The smallest absolute Gasteiger partial charge is 0.326 e. The largest absolute Gasteiger partial charge is 0.480 e. The molecule has 1 aromatic rings. The predicted octanol–water partition coefficient (Wildman–Crippen LogP) is -0.310. The molecule has 16 heteroatoms. The van der Waals surface area contributed by atoms with E-state index in [1.807, 2.05) is 26.8 Å². The van der Waals surface area contributed by atoms with Crippen molar-refractivity contribution in [2.75, 3.05) is 19.6 Å². The molecule has 0 saturated carbocycles. The number of hydrogen-bond donors (Lipinski definition) is 9. The summed E-state index contributed by atoms with van der Waals surface area (Å²) in [7, 11) is 0. The molecule has 11 N–H and O–H groups in total. The summed E-state index contributed by atoms with van der Waals surface area (Å²) in [6.07, 6.45) is 2.61. The molecule has 0 aromatic heterocycles. The van der Waals surface area contributed by atoms with Crippen molar-refractivity contribution in [1.29, 1.82) is 0 Å². The lowest BCUT2D eigenvalue weighted by atomic mass is 9.96. The van der Waals surface area contributed by atoms with Crippen LogP contribution in [0.3, 0.4) is 0 Å². The second kappa shape index (κ2) is 23.8. The van der Waals surface area contributed by atoms with Crippen molar-refractivity contribution < 1.29 is 38.7 Å². The van der Waals surface area contributed by atoms with E-state index in [0.717, 1.165) is 5.56 Å². The molecular formula is C36H60N8O8. The van der Waals surface area contributed by atoms with Crippen LogP contribution in [-0.2, 0) is 40.0 Å². The number of nitrogens with two attached hydrogens (primary N) is 2. The lowest BCUT2D eigenvalue weighted by Gasteiger charge is -2.29. The van der Waals surface area contributed by atoms with Crippen LogP contribution in [0.1, 0.15) is 79.2 Å². The summed E-state index contributed by atoms with van der Waals surface area (Å²) in [5, 5.41) is 24.7. The number of amides is 6. The van der Waals surface area contributed by atoms with Crippen LogP contribution in [0.4, 0.5) is 0 Å². The van der Waals surface area contributed by atoms with E-state index in [2.05, 4.69) is 31.9 Å². The number of hydrogen-bond acceptors (Lipinski definition) is 9. The van der Waals surface area contributed by atoms with Crippen molar-refractivity contribution in [1.82, 2.24) is 31.9 Å². The average Bonchev–Trinajstić information content (AvgIpc) is 3.09. The van der Waals surface area contributed by atoms with E-state index in [4.69, 9.17) is 11.5 Å². The number of benzene rings is 1. The van der Waals surface area contributed by atoms with Crippen molar-refractivity contribution >= 4 is 41.4 Å². The summed E-state index contributed by atoms with van der Waals surface area (Å²) in [6, 6.07) is 3.79. The Bertz CT molecular complexity index is 1330. The maximum absolute atomic E-state index is 13.8. The topological polar surface area (TPSA) is 264 Å². The maximum atomic E-state index is 13.8. The van der Waals surface area contributed by atoms with E-state index in [0.29, 0.717) is 32.2 Å². The fourth-order valence-corrected chi connectivity index (χ4v) is 5.17. The van der Waals surface area contributed by atoms with Gasteiger partial charge in [-0.1, -0.05) is 84.7 Å². The first-order chi connectivity index (χ1) is 24.5. The van der Waals surface area contributed by atoms with Crippen LogP contribution in [0.25, 0.3) is 0 Å². The van der Waals surface area contributed by atoms with Crippen molar-refractivity contribution in [2.45, 2.75) is 110 Å². The van der Waals surface area contributed by atoms with Crippen molar-refractivity contribution in [3.63, 3.8) is 0 Å². The Labute approximate surface area is 306 Å². The van der Waals surface area contributed by atoms with E-state index in [9.17, 15) is 38.7 Å². The first-order valence-electron chi connectivity index (χ1n) is 18.0. The molecule has 1 aromatic carbocycles. The Morgan fingerprint density at radius 1 is 0.712 bits per heavy atom. The second-order valence-corrected chi connectivity index (χ2v) is 13.8. The molecule has 0 radical (unpaired) electrons. The maximum Gasteiger partial charge on any atom is 0.326 e. The van der Waals surface area contributed by atoms with Crippen molar-refractivity contribution in [3.8, 4) is 0 Å². The van der Waals surface area contributed by atoms with E-state index >= 15 is 0 Å². The quantitative estimate of drug-likeness (QED) is 0.0626. The van der Waals surface area contributed by atoms with Crippen LogP contribution >= 0.6 is 0 Å². The number of carbonyl (C=O) groups excluding carboxylic acids is 6. The molecule has 292 valence electrons. The SMILES string of the molecule is CC[C@H](C)[C@H](NC(=O)[C@@H](N)CCCCN)C(=O)N[C@@H](Cc1ccccc1)C(=O)N[C@H](C(=O)NCC(=O)NCC(=O)N[C@@H](CC(C)C)C(=O)O)C(C)C. The zero-order valence-corrected chi connectivity index (χ0v) is 31.3. The molecule has 0 bridgehead atoms. The Morgan fingerprint density at radius 2 is 1.33 bits per heavy atom. The van der Waals surface area contributed by atoms with Gasteiger partial charge in [0.1, 0.15) is 24.2 Å². The number of carbonyl (C=O) groups is 7. The minimum Gasteiger partial charge on any atom is -0.480 e. The molecule has 1 rings (SSSR count). The zero-order valence-electron chi connectivity index (χ0n) is 31.3. The summed E-state index contributed by atoms with van der Waals surface area (Å²) in [4.78, 5) is 89.6. The summed E-state index contributed by atoms with van der Waals surface area (Å²) < 4.78 is 0. The molecule has 0 unspecified atom stereocenters. The second-order valence-electron chi connectivity index (χ2n) is 13.8. The molecule has 0 aliphatic rings. The van der Waals surface area contributed by atoms with Gasteiger partial charge in [0.05, 0.1) is 19.1 Å². The Kier molecular flexibility index (Phi) is 20.8. The monoisotopic (exact) mass is 732 g/mol. The number of carboxylic acid groups (broad SMARTS) is 1. The third-order valence-electron chi connectivity index (χ3n) is 8.47. The van der Waals surface area contributed by atoms with Crippen LogP contribution < -0.4 is 43.4 Å².